The summed E-state index contributed by atoms with van der Waals surface area (Å²) < 4.78 is 5.45. The topological polar surface area (TPSA) is 53.0 Å². The average Bonchev–Trinajstić information content (AvgIpc) is 2.64. The number of ether oxygens (including phenoxy) is 1. The molecule has 3 heterocycles. The molecule has 0 radical (unpaired) electrons. The fraction of sp³-hybridized carbons (Fsp3) is 0.667. The molecule has 2 saturated heterocycles. The molecular formula is C18H29N5O. The largest absolute Gasteiger partial charge is 0.378 e. The lowest BCUT2D eigenvalue weighted by Gasteiger charge is -2.33. The number of aliphatic imine (C=N–C) groups is 1. The van der Waals surface area contributed by atoms with Crippen LogP contribution in [0.3, 0.4) is 0 Å². The Morgan fingerprint density at radius 1 is 1.29 bits per heavy atom. The minimum absolute atomic E-state index is 0.749. The van der Waals surface area contributed by atoms with Gasteiger partial charge in [0.05, 0.1) is 13.2 Å². The molecule has 0 aliphatic carbocycles. The van der Waals surface area contributed by atoms with E-state index in [0.717, 1.165) is 63.6 Å². The molecule has 0 saturated carbocycles. The van der Waals surface area contributed by atoms with Crippen LogP contribution in [0.4, 0.5) is 5.82 Å². The Kier molecular flexibility index (Phi) is 5.91. The van der Waals surface area contributed by atoms with Crippen molar-refractivity contribution in [2.24, 2.45) is 10.9 Å². The third-order valence-electron chi connectivity index (χ3n) is 4.91. The summed E-state index contributed by atoms with van der Waals surface area (Å²) in [5.74, 6) is 2.89. The van der Waals surface area contributed by atoms with Crippen molar-refractivity contribution < 1.29 is 4.74 Å². The second-order valence-corrected chi connectivity index (χ2v) is 6.66. The normalized spacial score (nSPS) is 20.3. The molecule has 0 bridgehead atoms. The summed E-state index contributed by atoms with van der Waals surface area (Å²) in [7, 11) is 1.87. The van der Waals surface area contributed by atoms with E-state index in [-0.39, 0.29) is 0 Å². The molecule has 6 heteroatoms. The Hall–Kier alpha value is -1.82. The summed E-state index contributed by atoms with van der Waals surface area (Å²) in [6, 6.07) is 4.16. The highest BCUT2D eigenvalue weighted by atomic mass is 16.5. The van der Waals surface area contributed by atoms with Gasteiger partial charge >= 0.3 is 0 Å². The molecule has 2 aliphatic heterocycles. The monoisotopic (exact) mass is 331 g/mol. The van der Waals surface area contributed by atoms with Gasteiger partial charge in [-0.1, -0.05) is 13.0 Å². The number of likely N-dealkylation sites (tertiary alicyclic amines) is 1. The maximum absolute atomic E-state index is 5.45. The predicted octanol–water partition coefficient (Wildman–Crippen LogP) is 1.73. The average molecular weight is 331 g/mol. The van der Waals surface area contributed by atoms with E-state index in [1.54, 1.807) is 0 Å². The second kappa shape index (κ2) is 8.33. The van der Waals surface area contributed by atoms with Crippen LogP contribution in [-0.4, -0.2) is 62.3 Å². The molecular weight excluding hydrogens is 302 g/mol. The first kappa shape index (κ1) is 17.0. The van der Waals surface area contributed by atoms with Crippen molar-refractivity contribution in [3.8, 4) is 0 Å². The van der Waals surface area contributed by atoms with E-state index in [2.05, 4.69) is 38.1 Å². The highest BCUT2D eigenvalue weighted by Crippen LogP contribution is 2.19. The van der Waals surface area contributed by atoms with E-state index in [0.29, 0.717) is 0 Å². The first-order valence-corrected chi connectivity index (χ1v) is 9.00. The standard InChI is InChI=1S/C18H29N5O/c1-15-5-8-23(9-6-15)18(19-2)21-14-16-4-3-7-20-17(16)22-10-12-24-13-11-22/h3-4,7,15H,5-6,8-14H2,1-2H3,(H,19,21). The quantitative estimate of drug-likeness (QED) is 0.675. The van der Waals surface area contributed by atoms with E-state index in [1.165, 1.54) is 18.4 Å². The smallest absolute Gasteiger partial charge is 0.193 e. The number of hydrogen-bond donors (Lipinski definition) is 1. The summed E-state index contributed by atoms with van der Waals surface area (Å²) >= 11 is 0. The van der Waals surface area contributed by atoms with Crippen molar-refractivity contribution in [3.63, 3.8) is 0 Å². The van der Waals surface area contributed by atoms with Gasteiger partial charge in [0.15, 0.2) is 5.96 Å². The molecule has 0 aromatic carbocycles. The van der Waals surface area contributed by atoms with E-state index in [9.17, 15) is 0 Å². The van der Waals surface area contributed by atoms with Gasteiger partial charge in [-0.25, -0.2) is 4.98 Å². The van der Waals surface area contributed by atoms with Crippen LogP contribution in [0.25, 0.3) is 0 Å². The molecule has 1 aromatic rings. The lowest BCUT2D eigenvalue weighted by Crippen LogP contribution is -2.45. The van der Waals surface area contributed by atoms with Gasteiger partial charge in [-0.15, -0.1) is 0 Å². The van der Waals surface area contributed by atoms with Gasteiger partial charge in [-0.2, -0.15) is 0 Å². The van der Waals surface area contributed by atoms with Gasteiger partial charge in [-0.05, 0) is 24.8 Å². The number of piperidine rings is 1. The van der Waals surface area contributed by atoms with E-state index >= 15 is 0 Å². The number of pyridine rings is 1. The summed E-state index contributed by atoms with van der Waals surface area (Å²) in [6.45, 7) is 8.62. The molecule has 2 fully saturated rings. The van der Waals surface area contributed by atoms with Crippen LogP contribution in [0.2, 0.25) is 0 Å². The number of guanidine groups is 1. The van der Waals surface area contributed by atoms with Gasteiger partial charge in [0.2, 0.25) is 0 Å². The fourth-order valence-corrected chi connectivity index (χ4v) is 3.36. The van der Waals surface area contributed by atoms with Gasteiger partial charge in [0.1, 0.15) is 5.82 Å². The van der Waals surface area contributed by atoms with Crippen LogP contribution in [0, 0.1) is 5.92 Å². The maximum Gasteiger partial charge on any atom is 0.193 e. The third kappa shape index (κ3) is 4.17. The van der Waals surface area contributed by atoms with Crippen molar-refractivity contribution in [1.82, 2.24) is 15.2 Å². The molecule has 0 amide bonds. The number of nitrogens with zero attached hydrogens (tertiary/aromatic N) is 4. The Labute approximate surface area is 144 Å². The molecule has 1 aromatic heterocycles. The molecule has 0 unspecified atom stereocenters. The van der Waals surface area contributed by atoms with E-state index in [4.69, 9.17) is 4.74 Å². The summed E-state index contributed by atoms with van der Waals surface area (Å²) in [5.41, 5.74) is 1.21. The van der Waals surface area contributed by atoms with Crippen molar-refractivity contribution >= 4 is 11.8 Å². The number of hydrogen-bond acceptors (Lipinski definition) is 4. The van der Waals surface area contributed by atoms with Crippen LogP contribution in [0.5, 0.6) is 0 Å². The summed E-state index contributed by atoms with van der Waals surface area (Å²) in [6.07, 6.45) is 4.36. The number of rotatable bonds is 3. The molecule has 3 rings (SSSR count). The zero-order valence-electron chi connectivity index (χ0n) is 14.9. The van der Waals surface area contributed by atoms with Gasteiger partial charge < -0.3 is 19.9 Å². The zero-order valence-corrected chi connectivity index (χ0v) is 14.9. The molecule has 0 spiro atoms. The number of anilines is 1. The number of nitrogens with one attached hydrogen (secondary N) is 1. The molecule has 0 atom stereocenters. The highest BCUT2D eigenvalue weighted by molar-refractivity contribution is 5.80. The minimum atomic E-state index is 0.749. The van der Waals surface area contributed by atoms with Crippen LogP contribution >= 0.6 is 0 Å². The minimum Gasteiger partial charge on any atom is -0.378 e. The summed E-state index contributed by atoms with van der Waals surface area (Å²) in [5, 5.41) is 3.53. The van der Waals surface area contributed by atoms with Crippen LogP contribution in [0.1, 0.15) is 25.3 Å². The van der Waals surface area contributed by atoms with Gasteiger partial charge in [0.25, 0.3) is 0 Å². The Balaban J connectivity index is 1.63. The van der Waals surface area contributed by atoms with Crippen molar-refractivity contribution in [3.05, 3.63) is 23.9 Å². The van der Waals surface area contributed by atoms with Crippen molar-refractivity contribution in [2.75, 3.05) is 51.3 Å². The molecule has 24 heavy (non-hydrogen) atoms. The van der Waals surface area contributed by atoms with E-state index < -0.39 is 0 Å². The van der Waals surface area contributed by atoms with Crippen LogP contribution < -0.4 is 10.2 Å². The first-order valence-electron chi connectivity index (χ1n) is 9.00. The Bertz CT molecular complexity index is 548. The summed E-state index contributed by atoms with van der Waals surface area (Å²) in [4.78, 5) is 13.8. The molecule has 6 nitrogen and oxygen atoms in total. The van der Waals surface area contributed by atoms with Crippen molar-refractivity contribution in [1.29, 1.82) is 0 Å². The third-order valence-corrected chi connectivity index (χ3v) is 4.91. The fourth-order valence-electron chi connectivity index (χ4n) is 3.36. The Morgan fingerprint density at radius 3 is 2.75 bits per heavy atom. The predicted molar refractivity (Wildman–Crippen MR) is 97.4 cm³/mol. The Morgan fingerprint density at radius 2 is 2.04 bits per heavy atom. The van der Waals surface area contributed by atoms with Gasteiger partial charge in [0, 0.05) is 51.5 Å². The van der Waals surface area contributed by atoms with Crippen molar-refractivity contribution in [2.45, 2.75) is 26.3 Å². The molecule has 1 N–H and O–H groups in total. The first-order chi connectivity index (χ1) is 11.8. The second-order valence-electron chi connectivity index (χ2n) is 6.66. The zero-order chi connectivity index (χ0) is 16.8. The number of morpholine rings is 1. The van der Waals surface area contributed by atoms with Crippen LogP contribution in [0.15, 0.2) is 23.3 Å². The molecule has 2 aliphatic rings. The lowest BCUT2D eigenvalue weighted by molar-refractivity contribution is 0.122. The maximum atomic E-state index is 5.45. The van der Waals surface area contributed by atoms with Crippen LogP contribution in [-0.2, 0) is 11.3 Å². The number of aromatic nitrogens is 1. The van der Waals surface area contributed by atoms with E-state index in [1.807, 2.05) is 19.3 Å². The molecule has 132 valence electrons. The van der Waals surface area contributed by atoms with Gasteiger partial charge in [-0.3, -0.25) is 4.99 Å². The highest BCUT2D eigenvalue weighted by Gasteiger charge is 2.20. The lowest BCUT2D eigenvalue weighted by atomic mass is 10.00. The SMILES string of the molecule is CN=C(NCc1cccnc1N1CCOCC1)N1CCC(C)CC1.